The van der Waals surface area contributed by atoms with E-state index in [1.54, 1.807) is 41.1 Å². The van der Waals surface area contributed by atoms with Crippen LogP contribution in [0.1, 0.15) is 27.5 Å². The van der Waals surface area contributed by atoms with Gasteiger partial charge in [0.2, 0.25) is 0 Å². The summed E-state index contributed by atoms with van der Waals surface area (Å²) < 4.78 is 31.4. The predicted molar refractivity (Wildman–Crippen MR) is 116 cm³/mol. The van der Waals surface area contributed by atoms with Crippen LogP contribution in [0.25, 0.3) is 16.7 Å². The number of hydrogen-bond donors (Lipinski definition) is 1. The van der Waals surface area contributed by atoms with E-state index in [-0.39, 0.29) is 11.5 Å². The number of carbonyl (C=O) groups is 1. The van der Waals surface area contributed by atoms with Gasteiger partial charge in [0.05, 0.1) is 22.8 Å². The number of sulfone groups is 1. The molecule has 0 aliphatic heterocycles. The van der Waals surface area contributed by atoms with Crippen LogP contribution in [-0.2, 0) is 15.6 Å². The van der Waals surface area contributed by atoms with Gasteiger partial charge in [0.25, 0.3) is 5.91 Å². The molecule has 0 aliphatic rings. The highest BCUT2D eigenvalue weighted by molar-refractivity contribution is 7.89. The van der Waals surface area contributed by atoms with Gasteiger partial charge in [-0.25, -0.2) is 13.1 Å². The molecule has 0 saturated carbocycles. The Morgan fingerprint density at radius 3 is 2.50 bits per heavy atom. The molecule has 0 saturated heterocycles. The summed E-state index contributed by atoms with van der Waals surface area (Å²) in [6.45, 7) is 3.83. The van der Waals surface area contributed by atoms with Gasteiger partial charge < -0.3 is 9.73 Å². The summed E-state index contributed by atoms with van der Waals surface area (Å²) in [5.41, 5.74) is 3.86. The number of rotatable bonds is 5. The molecule has 0 radical (unpaired) electrons. The Labute approximate surface area is 174 Å². The van der Waals surface area contributed by atoms with Crippen molar-refractivity contribution in [1.82, 2.24) is 9.78 Å². The number of nitrogens with zero attached hydrogens (tertiary/aromatic N) is 2. The zero-order chi connectivity index (χ0) is 21.5. The van der Waals surface area contributed by atoms with E-state index in [0.717, 1.165) is 17.6 Å². The summed E-state index contributed by atoms with van der Waals surface area (Å²) in [4.78, 5) is 13.1. The molecule has 0 unspecified atom stereocenters. The molecule has 30 heavy (non-hydrogen) atoms. The van der Waals surface area contributed by atoms with E-state index in [1.807, 2.05) is 32.0 Å². The van der Waals surface area contributed by atoms with Crippen molar-refractivity contribution >= 4 is 32.4 Å². The molecular formula is C22H21N3O4S. The summed E-state index contributed by atoms with van der Waals surface area (Å²) in [5, 5.41) is 7.96. The lowest BCUT2D eigenvalue weighted by atomic mass is 10.1. The number of carbonyl (C=O) groups excluding carboxylic acids is 1. The van der Waals surface area contributed by atoms with Crippen LogP contribution in [0.2, 0.25) is 0 Å². The maximum absolute atomic E-state index is 13.1. The van der Waals surface area contributed by atoms with E-state index >= 15 is 0 Å². The Bertz CT molecular complexity index is 1370. The SMILES string of the molecule is Cc1cc(C)n(-c2ccccc2NC(=O)c2oc3ccccc3c2CS(C)(=O)=O)n1. The number of furan rings is 1. The third kappa shape index (κ3) is 3.86. The number of fused-ring (bicyclic) bond motifs is 1. The van der Waals surface area contributed by atoms with Gasteiger partial charge >= 0.3 is 0 Å². The maximum atomic E-state index is 13.1. The minimum Gasteiger partial charge on any atom is -0.451 e. The van der Waals surface area contributed by atoms with Crippen molar-refractivity contribution in [2.24, 2.45) is 0 Å². The highest BCUT2D eigenvalue weighted by Crippen LogP contribution is 2.29. The molecule has 4 rings (SSSR count). The number of aryl methyl sites for hydroxylation is 2. The third-order valence-electron chi connectivity index (χ3n) is 4.70. The van der Waals surface area contributed by atoms with Crippen molar-refractivity contribution in [3.05, 3.63) is 77.3 Å². The first-order valence-electron chi connectivity index (χ1n) is 9.35. The maximum Gasteiger partial charge on any atom is 0.291 e. The molecule has 2 aromatic heterocycles. The summed E-state index contributed by atoms with van der Waals surface area (Å²) in [7, 11) is -3.38. The quantitative estimate of drug-likeness (QED) is 0.523. The van der Waals surface area contributed by atoms with Gasteiger partial charge in [-0.1, -0.05) is 30.3 Å². The molecule has 0 spiro atoms. The number of para-hydroxylation sites is 3. The number of anilines is 1. The highest BCUT2D eigenvalue weighted by Gasteiger charge is 2.24. The van der Waals surface area contributed by atoms with Crippen LogP contribution < -0.4 is 5.32 Å². The lowest BCUT2D eigenvalue weighted by Gasteiger charge is -2.12. The first kappa shape index (κ1) is 19.9. The van der Waals surface area contributed by atoms with E-state index in [0.29, 0.717) is 27.9 Å². The Morgan fingerprint density at radius 2 is 1.80 bits per heavy atom. The molecule has 8 heteroatoms. The zero-order valence-electron chi connectivity index (χ0n) is 16.8. The van der Waals surface area contributed by atoms with Gasteiger partial charge in [0.1, 0.15) is 5.58 Å². The minimum absolute atomic E-state index is 0.00945. The average molecular weight is 423 g/mol. The fourth-order valence-corrected chi connectivity index (χ4v) is 4.31. The number of benzene rings is 2. The molecule has 0 fully saturated rings. The van der Waals surface area contributed by atoms with Crippen LogP contribution in [0.15, 0.2) is 59.0 Å². The molecule has 7 nitrogen and oxygen atoms in total. The molecule has 1 amide bonds. The smallest absolute Gasteiger partial charge is 0.291 e. The molecule has 0 atom stereocenters. The monoisotopic (exact) mass is 423 g/mol. The van der Waals surface area contributed by atoms with Crippen molar-refractivity contribution in [1.29, 1.82) is 0 Å². The average Bonchev–Trinajstić information content (AvgIpc) is 3.20. The lowest BCUT2D eigenvalue weighted by molar-refractivity contribution is 0.0998. The molecule has 2 aromatic carbocycles. The standard InChI is InChI=1S/C22H21N3O4S/c1-14-12-15(2)25(24-14)19-10-6-5-9-18(19)23-22(26)21-17(13-30(3,27)28)16-8-4-7-11-20(16)29-21/h4-12H,13H2,1-3H3,(H,23,26). The van der Waals surface area contributed by atoms with Gasteiger partial charge in [-0.15, -0.1) is 0 Å². The first-order valence-corrected chi connectivity index (χ1v) is 11.4. The Kier molecular flexibility index (Phi) is 4.95. The summed E-state index contributed by atoms with van der Waals surface area (Å²) in [5.74, 6) is -0.810. The van der Waals surface area contributed by atoms with Gasteiger partial charge in [-0.05, 0) is 38.1 Å². The van der Waals surface area contributed by atoms with Gasteiger partial charge in [-0.2, -0.15) is 5.10 Å². The Hall–Kier alpha value is -3.39. The molecule has 2 heterocycles. The second-order valence-electron chi connectivity index (χ2n) is 7.29. The van der Waals surface area contributed by atoms with Gasteiger partial charge in [0.15, 0.2) is 15.6 Å². The normalized spacial score (nSPS) is 11.7. The van der Waals surface area contributed by atoms with E-state index in [9.17, 15) is 13.2 Å². The fourth-order valence-electron chi connectivity index (χ4n) is 3.50. The molecule has 154 valence electrons. The van der Waals surface area contributed by atoms with Crippen molar-refractivity contribution in [2.75, 3.05) is 11.6 Å². The van der Waals surface area contributed by atoms with Crippen molar-refractivity contribution in [3.8, 4) is 5.69 Å². The molecule has 0 aliphatic carbocycles. The Balaban J connectivity index is 1.77. The first-order chi connectivity index (χ1) is 14.2. The van der Waals surface area contributed by atoms with E-state index in [1.165, 1.54) is 0 Å². The zero-order valence-corrected chi connectivity index (χ0v) is 17.7. The van der Waals surface area contributed by atoms with E-state index < -0.39 is 15.7 Å². The lowest BCUT2D eigenvalue weighted by Crippen LogP contribution is -2.16. The Morgan fingerprint density at radius 1 is 1.10 bits per heavy atom. The second kappa shape index (κ2) is 7.46. The van der Waals surface area contributed by atoms with Gasteiger partial charge in [0, 0.05) is 22.9 Å². The van der Waals surface area contributed by atoms with Crippen LogP contribution in [-0.4, -0.2) is 30.4 Å². The topological polar surface area (TPSA) is 94.2 Å². The fraction of sp³-hybridized carbons (Fsp3) is 0.182. The number of aromatic nitrogens is 2. The van der Waals surface area contributed by atoms with Crippen LogP contribution in [0.3, 0.4) is 0 Å². The van der Waals surface area contributed by atoms with Crippen LogP contribution in [0.4, 0.5) is 5.69 Å². The van der Waals surface area contributed by atoms with Crippen LogP contribution >= 0.6 is 0 Å². The predicted octanol–water partition coefficient (Wildman–Crippen LogP) is 4.03. The van der Waals surface area contributed by atoms with Crippen molar-refractivity contribution in [2.45, 2.75) is 19.6 Å². The minimum atomic E-state index is -3.38. The molecular weight excluding hydrogens is 402 g/mol. The van der Waals surface area contributed by atoms with Gasteiger partial charge in [-0.3, -0.25) is 4.79 Å². The number of nitrogens with one attached hydrogen (secondary N) is 1. The second-order valence-corrected chi connectivity index (χ2v) is 9.43. The van der Waals surface area contributed by atoms with Crippen LogP contribution in [0.5, 0.6) is 0 Å². The summed E-state index contributed by atoms with van der Waals surface area (Å²) in [6, 6.07) is 16.2. The van der Waals surface area contributed by atoms with E-state index in [2.05, 4.69) is 10.4 Å². The van der Waals surface area contributed by atoms with Crippen molar-refractivity contribution in [3.63, 3.8) is 0 Å². The molecule has 1 N–H and O–H groups in total. The van der Waals surface area contributed by atoms with Crippen LogP contribution in [0, 0.1) is 13.8 Å². The van der Waals surface area contributed by atoms with Crippen molar-refractivity contribution < 1.29 is 17.6 Å². The summed E-state index contributed by atoms with van der Waals surface area (Å²) in [6.07, 6.45) is 1.13. The summed E-state index contributed by atoms with van der Waals surface area (Å²) >= 11 is 0. The van der Waals surface area contributed by atoms with E-state index in [4.69, 9.17) is 4.42 Å². The molecule has 0 bridgehead atoms. The highest BCUT2D eigenvalue weighted by atomic mass is 32.2. The number of hydrogen-bond acceptors (Lipinski definition) is 5. The molecule has 4 aromatic rings. The largest absolute Gasteiger partial charge is 0.451 e. The number of amides is 1. The third-order valence-corrected chi connectivity index (χ3v) is 5.51.